The van der Waals surface area contributed by atoms with Gasteiger partial charge in [-0.2, -0.15) is 9.57 Å². The van der Waals surface area contributed by atoms with Crippen molar-refractivity contribution < 1.29 is 13.2 Å². The molecule has 5 rings (SSSR count). The fourth-order valence-corrected chi connectivity index (χ4v) is 6.50. The van der Waals surface area contributed by atoms with E-state index in [2.05, 4.69) is 40.2 Å². The molecule has 10 heteroatoms. The van der Waals surface area contributed by atoms with Gasteiger partial charge < -0.3 is 14.7 Å². The van der Waals surface area contributed by atoms with Crippen LogP contribution in [-0.2, 0) is 15.4 Å². The summed E-state index contributed by atoms with van der Waals surface area (Å²) in [7, 11) is 0.703. The van der Waals surface area contributed by atoms with Gasteiger partial charge in [-0.25, -0.2) is 8.42 Å². The molecule has 2 aromatic carbocycles. The third kappa shape index (κ3) is 5.16. The molecule has 0 radical (unpaired) electrons. The first kappa shape index (κ1) is 26.9. The number of para-hydroxylation sites is 1. The van der Waals surface area contributed by atoms with Gasteiger partial charge in [-0.1, -0.05) is 30.3 Å². The lowest BCUT2D eigenvalue weighted by Crippen LogP contribution is -2.50. The van der Waals surface area contributed by atoms with E-state index < -0.39 is 15.4 Å². The number of carbonyl (C=O) groups excluding carboxylic acids is 1. The highest BCUT2D eigenvalue weighted by Gasteiger charge is 2.38. The summed E-state index contributed by atoms with van der Waals surface area (Å²) >= 11 is 0. The van der Waals surface area contributed by atoms with Crippen molar-refractivity contribution in [2.45, 2.75) is 18.3 Å². The maximum atomic E-state index is 13.8. The van der Waals surface area contributed by atoms with Gasteiger partial charge in [0.2, 0.25) is 10.0 Å². The van der Waals surface area contributed by atoms with Gasteiger partial charge in [-0.05, 0) is 36.6 Å². The van der Waals surface area contributed by atoms with Crippen LogP contribution in [0.25, 0.3) is 10.9 Å². The minimum Gasteiger partial charge on any atom is -0.378 e. The van der Waals surface area contributed by atoms with Crippen molar-refractivity contribution >= 4 is 38.2 Å². The highest BCUT2D eigenvalue weighted by molar-refractivity contribution is 7.88. The summed E-state index contributed by atoms with van der Waals surface area (Å²) in [5.74, 6) is -0.146. The lowest BCUT2D eigenvalue weighted by atomic mass is 9.74. The fourth-order valence-electron chi connectivity index (χ4n) is 5.67. The van der Waals surface area contributed by atoms with E-state index in [1.165, 1.54) is 10.6 Å². The molecule has 3 aromatic rings. The summed E-state index contributed by atoms with van der Waals surface area (Å²) in [6, 6.07) is 18.6. The Balaban J connectivity index is 1.43. The zero-order valence-electron chi connectivity index (χ0n) is 22.7. The van der Waals surface area contributed by atoms with Crippen molar-refractivity contribution in [3.8, 4) is 6.07 Å². The molecule has 2 saturated heterocycles. The molecule has 0 spiro atoms. The molecule has 0 N–H and O–H groups in total. The van der Waals surface area contributed by atoms with Gasteiger partial charge in [0.25, 0.3) is 5.91 Å². The number of nitriles is 1. The molecule has 3 heterocycles. The van der Waals surface area contributed by atoms with E-state index in [9.17, 15) is 18.5 Å². The predicted octanol–water partition coefficient (Wildman–Crippen LogP) is 3.08. The van der Waals surface area contributed by atoms with Crippen LogP contribution >= 0.6 is 0 Å². The Morgan fingerprint density at radius 2 is 1.62 bits per heavy atom. The molecule has 1 amide bonds. The summed E-state index contributed by atoms with van der Waals surface area (Å²) < 4.78 is 25.3. The molecule has 2 fully saturated rings. The van der Waals surface area contributed by atoms with Crippen LogP contribution < -0.4 is 9.80 Å². The highest BCUT2D eigenvalue weighted by Crippen LogP contribution is 2.40. The van der Waals surface area contributed by atoms with Crippen molar-refractivity contribution in [3.05, 3.63) is 65.9 Å². The lowest BCUT2D eigenvalue weighted by molar-refractivity contribution is 0.0698. The number of nitrogens with zero attached hydrogens (tertiary/aromatic N) is 6. The normalized spacial score (nSPS) is 18.1. The van der Waals surface area contributed by atoms with Gasteiger partial charge >= 0.3 is 0 Å². The molecule has 0 bridgehead atoms. The topological polar surface area (TPSA) is 101 Å². The fraction of sp³-hybridized carbons (Fsp3) is 0.414. The first-order chi connectivity index (χ1) is 18.6. The first-order valence-electron chi connectivity index (χ1n) is 13.2. The zero-order valence-corrected chi connectivity index (χ0v) is 23.5. The number of benzene rings is 2. The van der Waals surface area contributed by atoms with Crippen LogP contribution in [-0.4, -0.2) is 88.1 Å². The van der Waals surface area contributed by atoms with E-state index in [4.69, 9.17) is 0 Å². The average Bonchev–Trinajstić information content (AvgIpc) is 2.96. The molecule has 0 aliphatic carbocycles. The van der Waals surface area contributed by atoms with Crippen molar-refractivity contribution in [1.29, 1.82) is 5.26 Å². The number of aromatic nitrogens is 1. The maximum Gasteiger partial charge on any atom is 0.257 e. The minimum atomic E-state index is -3.29. The van der Waals surface area contributed by atoms with Crippen molar-refractivity contribution in [1.82, 2.24) is 14.2 Å². The number of rotatable bonds is 5. The van der Waals surface area contributed by atoms with Crippen LogP contribution in [0.15, 0.2) is 54.7 Å². The maximum absolute atomic E-state index is 13.8. The third-order valence-electron chi connectivity index (χ3n) is 8.06. The third-order valence-corrected chi connectivity index (χ3v) is 9.36. The number of carbonyl (C=O) groups is 1. The molecule has 0 unspecified atom stereocenters. The Bertz CT molecular complexity index is 1510. The number of pyridine rings is 1. The molecule has 2 aliphatic rings. The van der Waals surface area contributed by atoms with Gasteiger partial charge in [0.05, 0.1) is 34.5 Å². The number of hydrogen-bond acceptors (Lipinski definition) is 7. The van der Waals surface area contributed by atoms with Crippen LogP contribution in [0.4, 0.5) is 11.4 Å². The van der Waals surface area contributed by atoms with Crippen molar-refractivity contribution in [3.63, 3.8) is 0 Å². The summed E-state index contributed by atoms with van der Waals surface area (Å²) in [5.41, 5.74) is 3.69. The number of amides is 1. The van der Waals surface area contributed by atoms with Gasteiger partial charge in [0.15, 0.2) is 0 Å². The van der Waals surface area contributed by atoms with Gasteiger partial charge in [0, 0.05) is 70.6 Å². The largest absolute Gasteiger partial charge is 0.378 e. The average molecular weight is 547 g/mol. The number of hydrogen-bond donors (Lipinski definition) is 0. The predicted molar refractivity (Wildman–Crippen MR) is 154 cm³/mol. The smallest absolute Gasteiger partial charge is 0.257 e. The van der Waals surface area contributed by atoms with E-state index in [1.807, 2.05) is 43.3 Å². The van der Waals surface area contributed by atoms with Gasteiger partial charge in [-0.3, -0.25) is 9.78 Å². The molecule has 0 saturated carbocycles. The molecular weight excluding hydrogens is 512 g/mol. The SMILES string of the molecule is CN(C)c1ccc(C2(C#N)CCN(c3c(C(=O)N4CCN(S(C)(=O)=O)CC4)cnc4ccccc34)CC2)cc1. The molecule has 204 valence electrons. The quantitative estimate of drug-likeness (QED) is 0.485. The standard InChI is InChI=1S/C29H34N6O3S/c1-32(2)23-10-8-22(9-11-23)29(21-30)12-14-33(15-13-29)27-24-6-4-5-7-26(24)31-20-25(27)28(36)34-16-18-35(19-17-34)39(3,37)38/h4-11,20H,12-19H2,1-3H3. The van der Waals surface area contributed by atoms with Gasteiger partial charge in [-0.15, -0.1) is 0 Å². The molecular formula is C29H34N6O3S. The number of anilines is 2. The monoisotopic (exact) mass is 546 g/mol. The Kier molecular flexibility index (Phi) is 7.23. The number of sulfonamides is 1. The summed E-state index contributed by atoms with van der Waals surface area (Å²) in [6.07, 6.45) is 4.13. The Labute approximate surface area is 230 Å². The molecule has 2 aliphatic heterocycles. The second-order valence-electron chi connectivity index (χ2n) is 10.6. The van der Waals surface area contributed by atoms with E-state index in [1.54, 1.807) is 11.1 Å². The Morgan fingerprint density at radius 3 is 2.21 bits per heavy atom. The van der Waals surface area contributed by atoms with Crippen LogP contribution in [0.5, 0.6) is 0 Å². The lowest BCUT2D eigenvalue weighted by Gasteiger charge is -2.40. The summed E-state index contributed by atoms with van der Waals surface area (Å²) in [4.78, 5) is 24.3. The minimum absolute atomic E-state index is 0.146. The van der Waals surface area contributed by atoms with Crippen molar-refractivity contribution in [2.75, 3.05) is 69.4 Å². The van der Waals surface area contributed by atoms with E-state index >= 15 is 0 Å². The Hall–Kier alpha value is -3.68. The number of piperidine rings is 1. The van der Waals surface area contributed by atoms with Crippen LogP contribution in [0.1, 0.15) is 28.8 Å². The molecule has 1 aromatic heterocycles. The number of piperazine rings is 1. The van der Waals surface area contributed by atoms with Crippen LogP contribution in [0.3, 0.4) is 0 Å². The van der Waals surface area contributed by atoms with E-state index in [-0.39, 0.29) is 19.0 Å². The van der Waals surface area contributed by atoms with Crippen molar-refractivity contribution in [2.24, 2.45) is 0 Å². The highest BCUT2D eigenvalue weighted by atomic mass is 32.2. The molecule has 39 heavy (non-hydrogen) atoms. The van der Waals surface area contributed by atoms with E-state index in [0.29, 0.717) is 44.6 Å². The molecule has 9 nitrogen and oxygen atoms in total. The van der Waals surface area contributed by atoms with Crippen LogP contribution in [0, 0.1) is 11.3 Å². The number of fused-ring (bicyclic) bond motifs is 1. The van der Waals surface area contributed by atoms with Gasteiger partial charge in [0.1, 0.15) is 0 Å². The second-order valence-corrected chi connectivity index (χ2v) is 12.6. The summed E-state index contributed by atoms with van der Waals surface area (Å²) in [5, 5.41) is 11.2. The summed E-state index contributed by atoms with van der Waals surface area (Å²) in [6.45, 7) is 2.47. The second kappa shape index (κ2) is 10.5. The molecule has 0 atom stereocenters. The van der Waals surface area contributed by atoms with E-state index in [0.717, 1.165) is 27.8 Å². The zero-order chi connectivity index (χ0) is 27.8. The Morgan fingerprint density at radius 1 is 0.974 bits per heavy atom. The van der Waals surface area contributed by atoms with Crippen LogP contribution in [0.2, 0.25) is 0 Å². The first-order valence-corrected chi connectivity index (χ1v) is 15.0.